The molecule has 1 aromatic rings. The van der Waals surface area contributed by atoms with E-state index in [9.17, 15) is 4.79 Å². The summed E-state index contributed by atoms with van der Waals surface area (Å²) < 4.78 is 5.13. The topological polar surface area (TPSA) is 45.7 Å². The number of piperidine rings is 1. The molecular weight excluding hydrogens is 286 g/mol. The van der Waals surface area contributed by atoms with Crippen LogP contribution in [-0.2, 0) is 16.1 Å². The third-order valence-corrected chi connectivity index (χ3v) is 5.14. The number of rotatable bonds is 6. The predicted octanol–water partition coefficient (Wildman–Crippen LogP) is 1.60. The maximum atomic E-state index is 12.7. The van der Waals surface area contributed by atoms with Crippen LogP contribution in [0.25, 0.3) is 0 Å². The lowest BCUT2D eigenvalue weighted by atomic mass is 9.94. The van der Waals surface area contributed by atoms with Gasteiger partial charge in [0.05, 0.1) is 23.7 Å². The normalized spacial score (nSPS) is 26.3. The summed E-state index contributed by atoms with van der Waals surface area (Å²) in [4.78, 5) is 21.5. The zero-order chi connectivity index (χ0) is 14.7. The van der Waals surface area contributed by atoms with E-state index >= 15 is 0 Å². The molecular formula is C15H23N3O2S. The molecule has 116 valence electrons. The predicted molar refractivity (Wildman–Crippen MR) is 82.1 cm³/mol. The van der Waals surface area contributed by atoms with Crippen LogP contribution >= 0.6 is 11.3 Å². The van der Waals surface area contributed by atoms with Gasteiger partial charge in [-0.1, -0.05) is 0 Å². The summed E-state index contributed by atoms with van der Waals surface area (Å²) in [6.07, 6.45) is 3.20. The van der Waals surface area contributed by atoms with E-state index in [-0.39, 0.29) is 5.92 Å². The third-order valence-electron chi connectivity index (χ3n) is 4.51. The molecule has 0 radical (unpaired) electrons. The van der Waals surface area contributed by atoms with Crippen molar-refractivity contribution in [2.24, 2.45) is 5.92 Å². The van der Waals surface area contributed by atoms with E-state index in [1.807, 2.05) is 10.9 Å². The lowest BCUT2D eigenvalue weighted by molar-refractivity contribution is -0.140. The molecule has 3 aliphatic rings. The molecule has 0 spiro atoms. The number of methoxy groups -OCH3 is 1. The van der Waals surface area contributed by atoms with Gasteiger partial charge in [-0.25, -0.2) is 4.98 Å². The van der Waals surface area contributed by atoms with Crippen LogP contribution in [0.4, 0.5) is 0 Å². The van der Waals surface area contributed by atoms with Crippen LogP contribution in [0.15, 0.2) is 10.9 Å². The summed E-state index contributed by atoms with van der Waals surface area (Å²) in [5, 5.41) is 2.04. The monoisotopic (exact) mass is 309 g/mol. The summed E-state index contributed by atoms with van der Waals surface area (Å²) in [6, 6.07) is 0.348. The van der Waals surface area contributed by atoms with Crippen molar-refractivity contribution in [3.05, 3.63) is 16.6 Å². The van der Waals surface area contributed by atoms with E-state index in [1.54, 1.807) is 18.4 Å². The van der Waals surface area contributed by atoms with E-state index in [2.05, 4.69) is 14.8 Å². The first kappa shape index (κ1) is 14.9. The average molecular weight is 309 g/mol. The highest BCUT2D eigenvalue weighted by Crippen LogP contribution is 2.30. The van der Waals surface area contributed by atoms with E-state index in [0.29, 0.717) is 18.5 Å². The van der Waals surface area contributed by atoms with Crippen molar-refractivity contribution in [2.75, 3.05) is 33.4 Å². The molecule has 6 heteroatoms. The van der Waals surface area contributed by atoms with Crippen molar-refractivity contribution in [3.8, 4) is 0 Å². The number of carbonyl (C=O) groups is 1. The first-order chi connectivity index (χ1) is 10.3. The molecule has 0 unspecified atom stereocenters. The van der Waals surface area contributed by atoms with Gasteiger partial charge in [0.25, 0.3) is 0 Å². The van der Waals surface area contributed by atoms with Gasteiger partial charge >= 0.3 is 0 Å². The SMILES string of the molecule is COCCCN1C[C@@H]2CC[C@H](C1)N(Cc1cscn1)C2=O. The first-order valence-electron chi connectivity index (χ1n) is 7.66. The van der Waals surface area contributed by atoms with Crippen molar-refractivity contribution in [1.82, 2.24) is 14.8 Å². The number of ether oxygens (including phenoxy) is 1. The zero-order valence-electron chi connectivity index (χ0n) is 12.5. The number of hydrogen-bond acceptors (Lipinski definition) is 5. The van der Waals surface area contributed by atoms with E-state index in [0.717, 1.165) is 51.2 Å². The molecule has 4 heterocycles. The molecule has 0 N–H and O–H groups in total. The Balaban J connectivity index is 1.66. The fraction of sp³-hybridized carbons (Fsp3) is 0.733. The molecule has 2 bridgehead atoms. The molecule has 3 aliphatic heterocycles. The van der Waals surface area contributed by atoms with Crippen LogP contribution in [0.3, 0.4) is 0 Å². The lowest BCUT2D eigenvalue weighted by Crippen LogP contribution is -2.47. The summed E-state index contributed by atoms with van der Waals surface area (Å²) in [5.74, 6) is 0.499. The minimum atomic E-state index is 0.171. The molecule has 2 atom stereocenters. The minimum absolute atomic E-state index is 0.171. The summed E-state index contributed by atoms with van der Waals surface area (Å²) in [6.45, 7) is 4.40. The molecule has 0 saturated carbocycles. The highest BCUT2D eigenvalue weighted by Gasteiger charge is 2.40. The van der Waals surface area contributed by atoms with Gasteiger partial charge in [-0.15, -0.1) is 11.3 Å². The van der Waals surface area contributed by atoms with Gasteiger partial charge < -0.3 is 14.5 Å². The number of carbonyl (C=O) groups excluding carboxylic acids is 1. The van der Waals surface area contributed by atoms with Crippen LogP contribution in [0.2, 0.25) is 0 Å². The maximum absolute atomic E-state index is 12.7. The standard InChI is InChI=1S/C15H23N3O2S/c1-20-6-2-5-17-7-12-3-4-14(9-17)18(15(12)19)8-13-10-21-11-16-13/h10-12,14H,2-9H2,1H3/t12-,14+/m0/s1. The number of thiazole rings is 1. The highest BCUT2D eigenvalue weighted by atomic mass is 32.1. The van der Waals surface area contributed by atoms with Crippen LogP contribution in [0, 0.1) is 5.92 Å². The Morgan fingerprint density at radius 1 is 1.43 bits per heavy atom. The van der Waals surface area contributed by atoms with Crippen molar-refractivity contribution >= 4 is 17.2 Å². The molecule has 0 aromatic carbocycles. The molecule has 1 aromatic heterocycles. The van der Waals surface area contributed by atoms with Crippen molar-refractivity contribution < 1.29 is 9.53 Å². The number of aromatic nitrogens is 1. The van der Waals surface area contributed by atoms with Gasteiger partial charge in [0.15, 0.2) is 0 Å². The van der Waals surface area contributed by atoms with Gasteiger partial charge in [0, 0.05) is 44.8 Å². The Kier molecular flexibility index (Phi) is 4.87. The first-order valence-corrected chi connectivity index (χ1v) is 8.61. The molecule has 4 rings (SSSR count). The Hall–Kier alpha value is -0.980. The van der Waals surface area contributed by atoms with Crippen molar-refractivity contribution in [1.29, 1.82) is 0 Å². The smallest absolute Gasteiger partial charge is 0.227 e. The maximum Gasteiger partial charge on any atom is 0.227 e. The summed E-state index contributed by atoms with van der Waals surface area (Å²) in [7, 11) is 1.74. The van der Waals surface area contributed by atoms with Gasteiger partial charge in [-0.3, -0.25) is 4.79 Å². The van der Waals surface area contributed by atoms with Gasteiger partial charge in [0.1, 0.15) is 0 Å². The number of nitrogens with zero attached hydrogens (tertiary/aromatic N) is 3. The van der Waals surface area contributed by atoms with Crippen molar-refractivity contribution in [3.63, 3.8) is 0 Å². The highest BCUT2D eigenvalue weighted by molar-refractivity contribution is 7.07. The van der Waals surface area contributed by atoms with Crippen molar-refractivity contribution in [2.45, 2.75) is 31.8 Å². The molecule has 3 saturated heterocycles. The second-order valence-electron chi connectivity index (χ2n) is 5.98. The summed E-state index contributed by atoms with van der Waals surface area (Å²) in [5.41, 5.74) is 2.86. The Morgan fingerprint density at radius 3 is 3.10 bits per heavy atom. The largest absolute Gasteiger partial charge is 0.385 e. The Morgan fingerprint density at radius 2 is 2.33 bits per heavy atom. The van der Waals surface area contributed by atoms with Crippen LogP contribution in [-0.4, -0.2) is 60.1 Å². The quantitative estimate of drug-likeness (QED) is 0.749. The van der Waals surface area contributed by atoms with Crippen LogP contribution in [0.1, 0.15) is 25.0 Å². The molecule has 1 amide bonds. The second kappa shape index (κ2) is 6.85. The number of hydrogen-bond donors (Lipinski definition) is 0. The third kappa shape index (κ3) is 3.44. The average Bonchev–Trinajstić information content (AvgIpc) is 2.86. The number of fused-ring (bicyclic) bond motifs is 4. The van der Waals surface area contributed by atoms with Gasteiger partial charge in [0.2, 0.25) is 5.91 Å². The Labute approximate surface area is 129 Å². The lowest BCUT2D eigenvalue weighted by Gasteiger charge is -2.35. The molecule has 5 nitrogen and oxygen atoms in total. The summed E-state index contributed by atoms with van der Waals surface area (Å²) >= 11 is 1.60. The van der Waals surface area contributed by atoms with Crippen LogP contribution in [0.5, 0.6) is 0 Å². The second-order valence-corrected chi connectivity index (χ2v) is 6.70. The fourth-order valence-corrected chi connectivity index (χ4v) is 3.99. The zero-order valence-corrected chi connectivity index (χ0v) is 13.3. The fourth-order valence-electron chi connectivity index (χ4n) is 3.44. The number of amides is 1. The molecule has 3 fully saturated rings. The molecule has 0 aliphatic carbocycles. The van der Waals surface area contributed by atoms with E-state index < -0.39 is 0 Å². The van der Waals surface area contributed by atoms with E-state index in [4.69, 9.17) is 4.74 Å². The molecule has 21 heavy (non-hydrogen) atoms. The van der Waals surface area contributed by atoms with Gasteiger partial charge in [-0.05, 0) is 19.3 Å². The van der Waals surface area contributed by atoms with E-state index in [1.165, 1.54) is 0 Å². The Bertz CT molecular complexity index is 465. The minimum Gasteiger partial charge on any atom is -0.385 e. The van der Waals surface area contributed by atoms with Crippen LogP contribution < -0.4 is 0 Å². The van der Waals surface area contributed by atoms with Gasteiger partial charge in [-0.2, -0.15) is 0 Å².